The number of carboxylic acid groups (broad SMARTS) is 1. The van der Waals surface area contributed by atoms with E-state index in [2.05, 4.69) is 10.1 Å². The third-order valence-corrected chi connectivity index (χ3v) is 3.96. The second-order valence-electron chi connectivity index (χ2n) is 8.38. The number of carboxylic acids is 1. The molecule has 2 aromatic heterocycles. The molecule has 9 nitrogen and oxygen atoms in total. The molecular weight excluding hydrogens is 366 g/mol. The molecule has 0 aromatic carbocycles. The van der Waals surface area contributed by atoms with E-state index in [-0.39, 0.29) is 36.1 Å². The lowest BCUT2D eigenvalue weighted by atomic mass is 9.89. The number of nitrogens with zero attached hydrogens (tertiary/aromatic N) is 3. The van der Waals surface area contributed by atoms with E-state index in [0.29, 0.717) is 5.76 Å². The van der Waals surface area contributed by atoms with Gasteiger partial charge in [0.25, 0.3) is 11.8 Å². The molecule has 9 heteroatoms. The normalized spacial score (nSPS) is 14.1. The minimum Gasteiger partial charge on any atom is -0.479 e. The van der Waals surface area contributed by atoms with Gasteiger partial charge in [0, 0.05) is 6.54 Å². The standard InChI is InChI=1S/C19H27N3O6/c1-11(2)9-12(14(23)17(25)26)16(24)22(10-19(3,4)5)18-20-15(28-21-18)13-7-6-8-27-13/h6-8,11-12,14,23H,9-10H2,1-5H3,(H,25,26)/t12-,14+/m1/s1. The summed E-state index contributed by atoms with van der Waals surface area (Å²) in [6.07, 6.45) is -0.163. The first kappa shape index (κ1) is 21.6. The summed E-state index contributed by atoms with van der Waals surface area (Å²) in [5.41, 5.74) is -0.336. The maximum atomic E-state index is 13.3. The van der Waals surface area contributed by atoms with Gasteiger partial charge in [-0.2, -0.15) is 4.98 Å². The van der Waals surface area contributed by atoms with E-state index in [1.54, 1.807) is 12.1 Å². The van der Waals surface area contributed by atoms with Crippen molar-refractivity contribution in [3.8, 4) is 11.7 Å². The highest BCUT2D eigenvalue weighted by Crippen LogP contribution is 2.27. The zero-order valence-electron chi connectivity index (χ0n) is 16.7. The second kappa shape index (κ2) is 8.55. The van der Waals surface area contributed by atoms with E-state index in [9.17, 15) is 19.8 Å². The van der Waals surface area contributed by atoms with Crippen LogP contribution in [0.1, 0.15) is 41.0 Å². The van der Waals surface area contributed by atoms with Crippen molar-refractivity contribution < 1.29 is 28.7 Å². The zero-order chi connectivity index (χ0) is 21.1. The Bertz CT molecular complexity index is 791. The Kier molecular flexibility index (Phi) is 6.60. The summed E-state index contributed by atoms with van der Waals surface area (Å²) in [5, 5.41) is 23.2. The number of hydrogen-bond donors (Lipinski definition) is 2. The third-order valence-electron chi connectivity index (χ3n) is 3.96. The van der Waals surface area contributed by atoms with Gasteiger partial charge in [0.2, 0.25) is 5.91 Å². The number of aliphatic hydroxyl groups is 1. The lowest BCUT2D eigenvalue weighted by Gasteiger charge is -2.31. The molecule has 2 N–H and O–H groups in total. The summed E-state index contributed by atoms with van der Waals surface area (Å²) in [5.74, 6) is -2.69. The Morgan fingerprint density at radius 3 is 2.46 bits per heavy atom. The summed E-state index contributed by atoms with van der Waals surface area (Å²) < 4.78 is 10.4. The predicted molar refractivity (Wildman–Crippen MR) is 100 cm³/mol. The first-order valence-corrected chi connectivity index (χ1v) is 9.09. The summed E-state index contributed by atoms with van der Waals surface area (Å²) in [6, 6.07) is 3.31. The quantitative estimate of drug-likeness (QED) is 0.700. The Morgan fingerprint density at radius 1 is 1.29 bits per heavy atom. The average molecular weight is 393 g/mol. The fraction of sp³-hybridized carbons (Fsp3) is 0.579. The predicted octanol–water partition coefficient (Wildman–Crippen LogP) is 2.82. The van der Waals surface area contributed by atoms with Crippen LogP contribution in [0.25, 0.3) is 11.7 Å². The number of aromatic nitrogens is 2. The number of amides is 1. The van der Waals surface area contributed by atoms with Crippen LogP contribution in [0, 0.1) is 17.3 Å². The smallest absolute Gasteiger partial charge is 0.333 e. The summed E-state index contributed by atoms with van der Waals surface area (Å²) in [7, 11) is 0. The van der Waals surface area contributed by atoms with Crippen molar-refractivity contribution in [3.05, 3.63) is 18.4 Å². The summed E-state index contributed by atoms with van der Waals surface area (Å²) in [4.78, 5) is 30.1. The summed E-state index contributed by atoms with van der Waals surface area (Å²) in [6.45, 7) is 9.69. The third kappa shape index (κ3) is 5.41. The fourth-order valence-electron chi connectivity index (χ4n) is 2.79. The van der Waals surface area contributed by atoms with Crippen molar-refractivity contribution in [2.75, 3.05) is 11.4 Å². The van der Waals surface area contributed by atoms with Crippen LogP contribution in [0.5, 0.6) is 0 Å². The number of hydrogen-bond acceptors (Lipinski definition) is 7. The second-order valence-corrected chi connectivity index (χ2v) is 8.38. The molecule has 2 heterocycles. The van der Waals surface area contributed by atoms with Gasteiger partial charge < -0.3 is 19.2 Å². The molecule has 2 atom stereocenters. The molecule has 0 saturated heterocycles. The highest BCUT2D eigenvalue weighted by molar-refractivity contribution is 5.96. The number of anilines is 1. The van der Waals surface area contributed by atoms with Crippen LogP contribution in [0.2, 0.25) is 0 Å². The molecule has 0 aliphatic carbocycles. The maximum absolute atomic E-state index is 13.3. The molecule has 0 unspecified atom stereocenters. The topological polar surface area (TPSA) is 130 Å². The average Bonchev–Trinajstić information content (AvgIpc) is 3.26. The SMILES string of the molecule is CC(C)C[C@@H](C(=O)N(CC(C)(C)C)c1noc(-c2ccco2)n1)[C@H](O)C(=O)O. The van der Waals surface area contributed by atoms with Crippen LogP contribution in [0.4, 0.5) is 5.95 Å². The van der Waals surface area contributed by atoms with Crippen LogP contribution in [-0.2, 0) is 9.59 Å². The van der Waals surface area contributed by atoms with Crippen molar-refractivity contribution in [1.29, 1.82) is 0 Å². The molecule has 0 aliphatic heterocycles. The Balaban J connectivity index is 2.40. The van der Waals surface area contributed by atoms with Crippen LogP contribution < -0.4 is 4.90 Å². The molecule has 0 aliphatic rings. The number of aliphatic hydroxyl groups excluding tert-OH is 1. The van der Waals surface area contributed by atoms with Crippen LogP contribution in [0.3, 0.4) is 0 Å². The minimum absolute atomic E-state index is 0.00216. The molecule has 28 heavy (non-hydrogen) atoms. The van der Waals surface area contributed by atoms with Gasteiger partial charge >= 0.3 is 5.97 Å². The van der Waals surface area contributed by atoms with E-state index < -0.39 is 23.9 Å². The highest BCUT2D eigenvalue weighted by Gasteiger charge is 2.38. The van der Waals surface area contributed by atoms with Gasteiger partial charge in [-0.25, -0.2) is 4.79 Å². The van der Waals surface area contributed by atoms with Crippen LogP contribution in [-0.4, -0.2) is 44.9 Å². The van der Waals surface area contributed by atoms with Gasteiger partial charge in [0.05, 0.1) is 12.2 Å². The van der Waals surface area contributed by atoms with Crippen LogP contribution >= 0.6 is 0 Å². The molecule has 0 radical (unpaired) electrons. The Morgan fingerprint density at radius 2 is 1.96 bits per heavy atom. The number of carbonyl (C=O) groups excluding carboxylic acids is 1. The number of furan rings is 1. The largest absolute Gasteiger partial charge is 0.479 e. The lowest BCUT2D eigenvalue weighted by Crippen LogP contribution is -2.47. The van der Waals surface area contributed by atoms with E-state index in [1.165, 1.54) is 11.2 Å². The van der Waals surface area contributed by atoms with Gasteiger partial charge in [-0.1, -0.05) is 34.6 Å². The first-order chi connectivity index (χ1) is 13.0. The number of carbonyl (C=O) groups is 2. The van der Waals surface area contributed by atoms with Gasteiger partial charge in [-0.05, 0) is 35.0 Å². The molecule has 0 saturated carbocycles. The van der Waals surface area contributed by atoms with Gasteiger partial charge in [-0.3, -0.25) is 9.69 Å². The number of aliphatic carboxylic acids is 1. The van der Waals surface area contributed by atoms with Crippen molar-refractivity contribution in [1.82, 2.24) is 10.1 Å². The zero-order valence-corrected chi connectivity index (χ0v) is 16.7. The summed E-state index contributed by atoms with van der Waals surface area (Å²) >= 11 is 0. The lowest BCUT2D eigenvalue weighted by molar-refractivity contribution is -0.153. The highest BCUT2D eigenvalue weighted by atomic mass is 16.5. The van der Waals surface area contributed by atoms with Gasteiger partial charge in [0.15, 0.2) is 11.9 Å². The molecule has 154 valence electrons. The monoisotopic (exact) mass is 393 g/mol. The van der Waals surface area contributed by atoms with Gasteiger partial charge in [0.1, 0.15) is 0 Å². The minimum atomic E-state index is -1.83. The van der Waals surface area contributed by atoms with Crippen molar-refractivity contribution in [2.45, 2.75) is 47.1 Å². The van der Waals surface area contributed by atoms with Gasteiger partial charge in [-0.15, -0.1) is 0 Å². The molecule has 0 spiro atoms. The van der Waals surface area contributed by atoms with E-state index >= 15 is 0 Å². The Labute approximate surface area is 163 Å². The van der Waals surface area contributed by atoms with Crippen molar-refractivity contribution in [3.63, 3.8) is 0 Å². The molecule has 2 aromatic rings. The molecule has 2 rings (SSSR count). The molecular formula is C19H27N3O6. The van der Waals surface area contributed by atoms with Crippen LogP contribution in [0.15, 0.2) is 27.3 Å². The number of rotatable bonds is 8. The molecule has 0 bridgehead atoms. The van der Waals surface area contributed by atoms with Crippen molar-refractivity contribution in [2.24, 2.45) is 17.3 Å². The first-order valence-electron chi connectivity index (χ1n) is 9.09. The fourth-order valence-corrected chi connectivity index (χ4v) is 2.79. The molecule has 0 fully saturated rings. The van der Waals surface area contributed by atoms with Crippen molar-refractivity contribution >= 4 is 17.8 Å². The Hall–Kier alpha value is -2.68. The maximum Gasteiger partial charge on any atom is 0.333 e. The van der Waals surface area contributed by atoms with E-state index in [4.69, 9.17) is 8.94 Å². The molecule has 1 amide bonds. The van der Waals surface area contributed by atoms with E-state index in [1.807, 2.05) is 34.6 Å². The van der Waals surface area contributed by atoms with E-state index in [0.717, 1.165) is 0 Å².